The molecule has 0 radical (unpaired) electrons. The Hall–Kier alpha value is -8.92. The molecule has 3 aromatic heterocycles. The van der Waals surface area contributed by atoms with Crippen molar-refractivity contribution in [1.29, 1.82) is 0 Å². The van der Waals surface area contributed by atoms with Gasteiger partial charge >= 0.3 is 0 Å². The molecule has 0 unspecified atom stereocenters. The molecule has 0 aliphatic carbocycles. The Bertz CT molecular complexity index is 3640. The molecule has 0 fully saturated rings. The average Bonchev–Trinajstić information content (AvgIpc) is 3.83. The second-order valence-electron chi connectivity index (χ2n) is 17.0. The summed E-state index contributed by atoms with van der Waals surface area (Å²) in [4.78, 5) is 5.38. The van der Waals surface area contributed by atoms with E-state index in [1.54, 1.807) is 0 Å². The van der Waals surface area contributed by atoms with Gasteiger partial charge < -0.3 is 0 Å². The summed E-state index contributed by atoms with van der Waals surface area (Å²) in [7, 11) is 0. The highest BCUT2D eigenvalue weighted by molar-refractivity contribution is 6.09. The van der Waals surface area contributed by atoms with Crippen LogP contribution >= 0.6 is 0 Å². The molecular formula is C64H43N3. The number of hydrogen-bond donors (Lipinski definition) is 0. The topological polar surface area (TPSA) is 30.2 Å². The van der Waals surface area contributed by atoms with Crippen molar-refractivity contribution in [2.75, 3.05) is 0 Å². The molecule has 0 aliphatic heterocycles. The third-order valence-electron chi connectivity index (χ3n) is 12.8. The second-order valence-corrected chi connectivity index (χ2v) is 17.0. The molecule has 12 rings (SSSR count). The smallest absolute Gasteiger partial charge is 0.101 e. The van der Waals surface area contributed by atoms with Gasteiger partial charge in [0.1, 0.15) is 5.69 Å². The van der Waals surface area contributed by atoms with E-state index < -0.39 is 0 Å². The van der Waals surface area contributed by atoms with Crippen LogP contribution in [-0.4, -0.2) is 14.6 Å². The van der Waals surface area contributed by atoms with Gasteiger partial charge in [0, 0.05) is 33.2 Å². The minimum absolute atomic E-state index is 0.921. The first-order valence-corrected chi connectivity index (χ1v) is 22.8. The molecule has 67 heavy (non-hydrogen) atoms. The fraction of sp³-hybridized carbons (Fsp3) is 0. The molecule has 314 valence electrons. The lowest BCUT2D eigenvalue weighted by molar-refractivity contribution is 0.979. The van der Waals surface area contributed by atoms with Gasteiger partial charge in [-0.25, -0.2) is 9.50 Å². The Morgan fingerprint density at radius 1 is 0.269 bits per heavy atom. The lowest BCUT2D eigenvalue weighted by Gasteiger charge is -2.15. The van der Waals surface area contributed by atoms with E-state index in [1.165, 1.54) is 11.1 Å². The average molecular weight is 854 g/mol. The summed E-state index contributed by atoms with van der Waals surface area (Å²) < 4.78 is 2.16. The molecule has 0 atom stereocenters. The summed E-state index contributed by atoms with van der Waals surface area (Å²) in [5.41, 5.74) is 20.7. The summed E-state index contributed by atoms with van der Waals surface area (Å²) in [6, 6.07) is 93.1. The van der Waals surface area contributed by atoms with Crippen LogP contribution in [0.1, 0.15) is 0 Å². The zero-order valence-electron chi connectivity index (χ0n) is 36.7. The van der Waals surface area contributed by atoms with Crippen molar-refractivity contribution in [3.63, 3.8) is 0 Å². The maximum absolute atomic E-state index is 5.42. The number of benzene rings is 9. The summed E-state index contributed by atoms with van der Waals surface area (Å²) >= 11 is 0. The lowest BCUT2D eigenvalue weighted by atomic mass is 9.92. The van der Waals surface area contributed by atoms with E-state index in [0.717, 1.165) is 106 Å². The van der Waals surface area contributed by atoms with Crippen LogP contribution in [0.5, 0.6) is 0 Å². The number of pyridine rings is 2. The van der Waals surface area contributed by atoms with Gasteiger partial charge in [0.25, 0.3) is 0 Å². The predicted octanol–water partition coefficient (Wildman–Crippen LogP) is 16.9. The molecule has 0 spiro atoms. The summed E-state index contributed by atoms with van der Waals surface area (Å²) in [6.45, 7) is 0. The molecule has 3 nitrogen and oxygen atoms in total. The zero-order valence-corrected chi connectivity index (χ0v) is 36.7. The first-order valence-electron chi connectivity index (χ1n) is 22.8. The van der Waals surface area contributed by atoms with E-state index in [4.69, 9.17) is 10.1 Å². The Morgan fingerprint density at radius 2 is 0.687 bits per heavy atom. The van der Waals surface area contributed by atoms with Crippen LogP contribution in [0.3, 0.4) is 0 Å². The molecule has 3 heteroatoms. The second kappa shape index (κ2) is 17.2. The van der Waals surface area contributed by atoms with Crippen molar-refractivity contribution >= 4 is 16.3 Å². The van der Waals surface area contributed by atoms with E-state index >= 15 is 0 Å². The predicted molar refractivity (Wildman–Crippen MR) is 279 cm³/mol. The van der Waals surface area contributed by atoms with Gasteiger partial charge in [-0.2, -0.15) is 5.10 Å². The minimum Gasteiger partial charge on any atom is -0.248 e. The number of nitrogens with zero attached hydrogens (tertiary/aromatic N) is 3. The van der Waals surface area contributed by atoms with E-state index in [9.17, 15) is 0 Å². The third-order valence-corrected chi connectivity index (χ3v) is 12.8. The lowest BCUT2D eigenvalue weighted by Crippen LogP contribution is -1.96. The molecule has 12 aromatic rings. The van der Waals surface area contributed by atoms with Crippen LogP contribution in [0.15, 0.2) is 261 Å². The molecule has 3 heterocycles. The largest absolute Gasteiger partial charge is 0.248 e. The van der Waals surface area contributed by atoms with Crippen LogP contribution in [0.25, 0.3) is 117 Å². The van der Waals surface area contributed by atoms with Crippen molar-refractivity contribution in [3.8, 4) is 101 Å². The van der Waals surface area contributed by atoms with Crippen LogP contribution in [-0.2, 0) is 0 Å². The highest BCUT2D eigenvalue weighted by Gasteiger charge is 2.22. The van der Waals surface area contributed by atoms with Crippen molar-refractivity contribution in [2.24, 2.45) is 0 Å². The van der Waals surface area contributed by atoms with Gasteiger partial charge in [-0.15, -0.1) is 0 Å². The Labute approximate surface area is 390 Å². The van der Waals surface area contributed by atoms with Gasteiger partial charge in [-0.1, -0.05) is 212 Å². The molecule has 0 bridgehead atoms. The van der Waals surface area contributed by atoms with Crippen LogP contribution < -0.4 is 0 Å². The molecule has 0 aliphatic rings. The fourth-order valence-electron chi connectivity index (χ4n) is 9.47. The van der Waals surface area contributed by atoms with Crippen LogP contribution in [0.2, 0.25) is 0 Å². The first-order chi connectivity index (χ1) is 33.2. The first kappa shape index (κ1) is 39.7. The molecular weight excluding hydrogens is 811 g/mol. The monoisotopic (exact) mass is 853 g/mol. The number of aromatic nitrogens is 3. The highest BCUT2D eigenvalue weighted by Crippen LogP contribution is 2.42. The van der Waals surface area contributed by atoms with Gasteiger partial charge in [-0.05, 0) is 104 Å². The van der Waals surface area contributed by atoms with Crippen LogP contribution in [0, 0.1) is 0 Å². The van der Waals surface area contributed by atoms with Gasteiger partial charge in [0.2, 0.25) is 0 Å². The Kier molecular flexibility index (Phi) is 10.2. The van der Waals surface area contributed by atoms with E-state index in [2.05, 4.69) is 265 Å². The van der Waals surface area contributed by atoms with E-state index in [-0.39, 0.29) is 0 Å². The van der Waals surface area contributed by atoms with E-state index in [0.29, 0.717) is 0 Å². The Morgan fingerprint density at radius 3 is 1.27 bits per heavy atom. The standard InChI is InChI=1S/C64H43N3/c1-7-20-44(21-8-1)53-38-54(45-22-9-2-10-23-45)40-57(39-53)60-42-55(41-59(65-60)46-24-11-3-12-25-46)51-33-19-32-50(36-51)52-34-35-58-56(37-52)43-61(47-26-13-4-14-27-47)67-64(58)62(48-28-15-5-16-29-48)63(66-67)49-30-17-6-18-31-49/h1-43H. The highest BCUT2D eigenvalue weighted by atomic mass is 15.2. The Balaban J connectivity index is 1.03. The third kappa shape index (κ3) is 7.69. The van der Waals surface area contributed by atoms with Crippen molar-refractivity contribution in [2.45, 2.75) is 0 Å². The molecule has 0 saturated heterocycles. The van der Waals surface area contributed by atoms with E-state index in [1.807, 2.05) is 0 Å². The summed E-state index contributed by atoms with van der Waals surface area (Å²) in [6.07, 6.45) is 0. The molecule has 0 amide bonds. The minimum atomic E-state index is 0.921. The van der Waals surface area contributed by atoms with Crippen molar-refractivity contribution < 1.29 is 0 Å². The zero-order chi connectivity index (χ0) is 44.5. The van der Waals surface area contributed by atoms with Gasteiger partial charge in [0.05, 0.1) is 22.6 Å². The quantitative estimate of drug-likeness (QED) is 0.145. The fourth-order valence-corrected chi connectivity index (χ4v) is 9.47. The summed E-state index contributed by atoms with van der Waals surface area (Å²) in [5, 5.41) is 7.72. The van der Waals surface area contributed by atoms with Crippen LogP contribution in [0.4, 0.5) is 0 Å². The van der Waals surface area contributed by atoms with Gasteiger partial charge in [-0.3, -0.25) is 0 Å². The van der Waals surface area contributed by atoms with Gasteiger partial charge in [0.15, 0.2) is 0 Å². The normalized spacial score (nSPS) is 11.3. The molecule has 0 N–H and O–H groups in total. The molecule has 0 saturated carbocycles. The number of rotatable bonds is 9. The summed E-state index contributed by atoms with van der Waals surface area (Å²) in [5.74, 6) is 0. The van der Waals surface area contributed by atoms with Crippen molar-refractivity contribution in [3.05, 3.63) is 261 Å². The van der Waals surface area contributed by atoms with Crippen molar-refractivity contribution in [1.82, 2.24) is 14.6 Å². The SMILES string of the molecule is c1ccc(-c2cc(-c3ccccc3)cc(-c3cc(-c4cccc(-c5ccc6c(c5)cc(-c5ccccc5)n5nc(-c7ccccc7)c(-c7ccccc7)c65)c4)cc(-c4ccccc4)n3)c2)cc1. The maximum Gasteiger partial charge on any atom is 0.101 e. The maximum atomic E-state index is 5.42. The number of hydrogen-bond acceptors (Lipinski definition) is 2. The number of fused-ring (bicyclic) bond motifs is 3. The molecule has 9 aromatic carbocycles.